The number of rotatable bonds is 5. The molecule has 0 amide bonds. The van der Waals surface area contributed by atoms with Crippen molar-refractivity contribution in [1.82, 2.24) is 9.21 Å². The fourth-order valence-corrected chi connectivity index (χ4v) is 4.44. The molecule has 2 rings (SSSR count). The molecular formula is C17H29N3O2S. The van der Waals surface area contributed by atoms with Gasteiger partial charge in [-0.3, -0.25) is 0 Å². The first kappa shape index (κ1) is 18.2. The average Bonchev–Trinajstić information content (AvgIpc) is 2.54. The van der Waals surface area contributed by atoms with Gasteiger partial charge < -0.3 is 9.80 Å². The molecule has 0 aliphatic carbocycles. The Labute approximate surface area is 140 Å². The van der Waals surface area contributed by atoms with Crippen molar-refractivity contribution in [3.05, 3.63) is 23.8 Å². The van der Waals surface area contributed by atoms with Crippen LogP contribution in [0.25, 0.3) is 0 Å². The Morgan fingerprint density at radius 3 is 2.22 bits per heavy atom. The largest absolute Gasteiger partial charge is 0.368 e. The van der Waals surface area contributed by atoms with E-state index in [4.69, 9.17) is 0 Å². The van der Waals surface area contributed by atoms with E-state index in [1.807, 2.05) is 32.0 Å². The van der Waals surface area contributed by atoms with E-state index in [0.717, 1.165) is 44.0 Å². The van der Waals surface area contributed by atoms with Gasteiger partial charge in [0.25, 0.3) is 0 Å². The van der Waals surface area contributed by atoms with Gasteiger partial charge in [-0.15, -0.1) is 0 Å². The summed E-state index contributed by atoms with van der Waals surface area (Å²) in [5.41, 5.74) is 1.75. The number of likely N-dealkylation sites (N-methyl/N-ethyl adjacent to an activating group) is 1. The molecule has 0 atom stereocenters. The van der Waals surface area contributed by atoms with Crippen molar-refractivity contribution in [2.45, 2.75) is 31.6 Å². The minimum Gasteiger partial charge on any atom is -0.368 e. The minimum absolute atomic E-state index is 0.164. The Balaban J connectivity index is 2.50. The Morgan fingerprint density at radius 2 is 1.74 bits per heavy atom. The first-order chi connectivity index (χ1) is 10.8. The maximum absolute atomic E-state index is 12.9. The minimum atomic E-state index is -3.47. The van der Waals surface area contributed by atoms with Gasteiger partial charge in [0.2, 0.25) is 10.0 Å². The van der Waals surface area contributed by atoms with Crippen LogP contribution >= 0.6 is 0 Å². The Morgan fingerprint density at radius 1 is 1.13 bits per heavy atom. The van der Waals surface area contributed by atoms with Crippen LogP contribution in [-0.2, 0) is 10.0 Å². The van der Waals surface area contributed by atoms with Crippen LogP contribution < -0.4 is 4.90 Å². The van der Waals surface area contributed by atoms with Crippen LogP contribution in [-0.4, -0.2) is 64.4 Å². The molecule has 1 aliphatic heterocycles. The maximum Gasteiger partial charge on any atom is 0.244 e. The van der Waals surface area contributed by atoms with Crippen molar-refractivity contribution in [1.29, 1.82) is 0 Å². The molecule has 0 aromatic heterocycles. The molecule has 6 heteroatoms. The third kappa shape index (κ3) is 3.70. The van der Waals surface area contributed by atoms with Crippen LogP contribution in [0.2, 0.25) is 0 Å². The SMILES string of the molecule is CCN1CCN(c2cccc(C(C)C)c2S(=O)(=O)N(C)C)CC1. The van der Waals surface area contributed by atoms with E-state index < -0.39 is 10.0 Å². The zero-order valence-corrected chi connectivity index (χ0v) is 15.7. The van der Waals surface area contributed by atoms with Crippen molar-refractivity contribution < 1.29 is 8.42 Å². The number of hydrogen-bond donors (Lipinski definition) is 0. The van der Waals surface area contributed by atoms with Gasteiger partial charge in [0, 0.05) is 40.3 Å². The first-order valence-electron chi connectivity index (χ1n) is 8.31. The highest BCUT2D eigenvalue weighted by molar-refractivity contribution is 7.89. The number of nitrogens with zero attached hydrogens (tertiary/aromatic N) is 3. The van der Waals surface area contributed by atoms with Gasteiger partial charge in [-0.05, 0) is 24.1 Å². The van der Waals surface area contributed by atoms with Crippen LogP contribution in [0, 0.1) is 0 Å². The lowest BCUT2D eigenvalue weighted by atomic mass is 10.0. The Kier molecular flexibility index (Phi) is 5.70. The summed E-state index contributed by atoms with van der Waals surface area (Å²) in [6, 6.07) is 5.86. The van der Waals surface area contributed by atoms with Crippen molar-refractivity contribution >= 4 is 15.7 Å². The topological polar surface area (TPSA) is 43.9 Å². The molecule has 1 saturated heterocycles. The smallest absolute Gasteiger partial charge is 0.244 e. The molecular weight excluding hydrogens is 310 g/mol. The molecule has 0 bridgehead atoms. The van der Waals surface area contributed by atoms with E-state index in [9.17, 15) is 8.42 Å². The summed E-state index contributed by atoms with van der Waals surface area (Å²) in [7, 11) is -0.269. The summed E-state index contributed by atoms with van der Waals surface area (Å²) in [4.78, 5) is 5.09. The van der Waals surface area contributed by atoms with Crippen molar-refractivity contribution in [3.63, 3.8) is 0 Å². The monoisotopic (exact) mass is 339 g/mol. The normalized spacial score (nSPS) is 17.3. The molecule has 0 spiro atoms. The van der Waals surface area contributed by atoms with Crippen LogP contribution in [0.4, 0.5) is 5.69 Å². The summed E-state index contributed by atoms with van der Waals surface area (Å²) in [6.07, 6.45) is 0. The van der Waals surface area contributed by atoms with Gasteiger partial charge in [-0.2, -0.15) is 0 Å². The average molecular weight is 340 g/mol. The predicted molar refractivity (Wildman–Crippen MR) is 95.7 cm³/mol. The van der Waals surface area contributed by atoms with Crippen LogP contribution in [0.1, 0.15) is 32.3 Å². The second kappa shape index (κ2) is 7.20. The van der Waals surface area contributed by atoms with E-state index in [2.05, 4.69) is 16.7 Å². The van der Waals surface area contributed by atoms with E-state index in [1.54, 1.807) is 14.1 Å². The third-order valence-electron chi connectivity index (χ3n) is 4.55. The maximum atomic E-state index is 12.9. The molecule has 1 heterocycles. The van der Waals surface area contributed by atoms with E-state index in [1.165, 1.54) is 4.31 Å². The number of anilines is 1. The fourth-order valence-electron chi connectivity index (χ4n) is 3.01. The lowest BCUT2D eigenvalue weighted by Gasteiger charge is -2.37. The van der Waals surface area contributed by atoms with Crippen molar-refractivity contribution in [2.24, 2.45) is 0 Å². The molecule has 1 aromatic rings. The van der Waals surface area contributed by atoms with Crippen LogP contribution in [0.15, 0.2) is 23.1 Å². The molecule has 0 unspecified atom stereocenters. The lowest BCUT2D eigenvalue weighted by Crippen LogP contribution is -2.46. The van der Waals surface area contributed by atoms with Gasteiger partial charge >= 0.3 is 0 Å². The quantitative estimate of drug-likeness (QED) is 0.825. The predicted octanol–water partition coefficient (Wildman–Crippen LogP) is 2.20. The van der Waals surface area contributed by atoms with Gasteiger partial charge in [0.1, 0.15) is 4.90 Å². The van der Waals surface area contributed by atoms with Gasteiger partial charge in [-0.1, -0.05) is 32.9 Å². The summed E-state index contributed by atoms with van der Waals surface area (Å²) in [5, 5.41) is 0. The zero-order chi connectivity index (χ0) is 17.2. The van der Waals surface area contributed by atoms with Gasteiger partial charge in [-0.25, -0.2) is 12.7 Å². The zero-order valence-electron chi connectivity index (χ0n) is 14.9. The van der Waals surface area contributed by atoms with E-state index >= 15 is 0 Å². The van der Waals surface area contributed by atoms with Crippen molar-refractivity contribution in [2.75, 3.05) is 51.7 Å². The molecule has 0 N–H and O–H groups in total. The Hall–Kier alpha value is -1.11. The van der Waals surface area contributed by atoms with Crippen molar-refractivity contribution in [3.8, 4) is 0 Å². The number of sulfonamides is 1. The molecule has 23 heavy (non-hydrogen) atoms. The van der Waals surface area contributed by atoms with Gasteiger partial charge in [0.05, 0.1) is 5.69 Å². The second-order valence-corrected chi connectivity index (χ2v) is 8.65. The molecule has 5 nitrogen and oxygen atoms in total. The third-order valence-corrected chi connectivity index (χ3v) is 6.47. The van der Waals surface area contributed by atoms with Crippen LogP contribution in [0.3, 0.4) is 0 Å². The molecule has 1 aromatic carbocycles. The molecule has 1 fully saturated rings. The standard InChI is InChI=1S/C17H29N3O2S/c1-6-19-10-12-20(13-11-19)16-9-7-8-15(14(2)3)17(16)23(21,22)18(4)5/h7-9,14H,6,10-13H2,1-5H3. The summed E-state index contributed by atoms with van der Waals surface area (Å²) in [6.45, 7) is 11.0. The lowest BCUT2D eigenvalue weighted by molar-refractivity contribution is 0.270. The summed E-state index contributed by atoms with van der Waals surface area (Å²) in [5.74, 6) is 0.164. The Bertz CT molecular complexity index is 633. The van der Waals surface area contributed by atoms with Gasteiger partial charge in [0.15, 0.2) is 0 Å². The van der Waals surface area contributed by atoms with E-state index in [-0.39, 0.29) is 5.92 Å². The fraction of sp³-hybridized carbons (Fsp3) is 0.647. The summed E-state index contributed by atoms with van der Waals surface area (Å²) >= 11 is 0. The highest BCUT2D eigenvalue weighted by atomic mass is 32.2. The number of benzene rings is 1. The highest BCUT2D eigenvalue weighted by Crippen LogP contribution is 2.34. The summed E-state index contributed by atoms with van der Waals surface area (Å²) < 4.78 is 27.2. The van der Waals surface area contributed by atoms with Crippen LogP contribution in [0.5, 0.6) is 0 Å². The molecule has 130 valence electrons. The second-order valence-electron chi connectivity index (χ2n) is 6.56. The first-order valence-corrected chi connectivity index (χ1v) is 9.75. The number of piperazine rings is 1. The molecule has 0 saturated carbocycles. The highest BCUT2D eigenvalue weighted by Gasteiger charge is 2.29. The number of hydrogen-bond acceptors (Lipinski definition) is 4. The molecule has 0 radical (unpaired) electrons. The molecule has 1 aliphatic rings. The van der Waals surface area contributed by atoms with E-state index in [0.29, 0.717) is 4.90 Å².